The smallest absolute Gasteiger partial charge is 0.0406 e. The molecule has 1 aliphatic rings. The highest BCUT2D eigenvalue weighted by Crippen LogP contribution is 2.24. The molecule has 1 aromatic rings. The van der Waals surface area contributed by atoms with Gasteiger partial charge < -0.3 is 5.32 Å². The van der Waals surface area contributed by atoms with E-state index in [-0.39, 0.29) is 5.54 Å². The van der Waals surface area contributed by atoms with Crippen molar-refractivity contribution in [2.24, 2.45) is 5.92 Å². The zero-order valence-electron chi connectivity index (χ0n) is 13.1. The number of rotatable bonds is 4. The largest absolute Gasteiger partial charge is 0.311 e. The number of nitrogens with one attached hydrogen (secondary N) is 1. The van der Waals surface area contributed by atoms with Crippen LogP contribution in [0.25, 0.3) is 0 Å². The van der Waals surface area contributed by atoms with Crippen molar-refractivity contribution in [2.75, 3.05) is 13.1 Å². The first kappa shape index (κ1) is 15.8. The number of benzene rings is 1. The fraction of sp³-hybridized carbons (Fsp3) is 0.647. The molecule has 0 bridgehead atoms. The molecule has 1 unspecified atom stereocenters. The number of halogens is 1. The first-order valence-electron chi connectivity index (χ1n) is 7.60. The Morgan fingerprint density at radius 1 is 1.30 bits per heavy atom. The predicted molar refractivity (Wildman–Crippen MR) is 87.2 cm³/mol. The maximum atomic E-state index is 5.97. The molecule has 20 heavy (non-hydrogen) atoms. The van der Waals surface area contributed by atoms with Gasteiger partial charge in [-0.05, 0) is 43.9 Å². The average molecular weight is 295 g/mol. The second-order valence-electron chi connectivity index (χ2n) is 7.03. The van der Waals surface area contributed by atoms with Gasteiger partial charge in [0.05, 0.1) is 0 Å². The standard InChI is InChI=1S/C17H27ClN2/c1-13(2)9-16-11-20(17(3,4)12-19-16)10-14-5-7-15(18)8-6-14/h5-8,13,16,19H,9-12H2,1-4H3. The molecule has 2 nitrogen and oxygen atoms in total. The summed E-state index contributed by atoms with van der Waals surface area (Å²) in [4.78, 5) is 2.60. The number of nitrogens with zero attached hydrogens (tertiary/aromatic N) is 1. The third-order valence-electron chi connectivity index (χ3n) is 4.16. The van der Waals surface area contributed by atoms with Crippen molar-refractivity contribution >= 4 is 11.6 Å². The third-order valence-corrected chi connectivity index (χ3v) is 4.41. The van der Waals surface area contributed by atoms with Gasteiger partial charge in [-0.1, -0.05) is 37.6 Å². The molecule has 1 fully saturated rings. The Morgan fingerprint density at radius 2 is 1.95 bits per heavy atom. The zero-order chi connectivity index (χ0) is 14.8. The van der Waals surface area contributed by atoms with Gasteiger partial charge in [0, 0.05) is 36.2 Å². The Labute approximate surface area is 128 Å². The predicted octanol–water partition coefficient (Wildman–Crippen LogP) is 3.94. The fourth-order valence-electron chi connectivity index (χ4n) is 2.90. The van der Waals surface area contributed by atoms with Gasteiger partial charge in [-0.15, -0.1) is 0 Å². The lowest BCUT2D eigenvalue weighted by atomic mass is 9.93. The molecule has 0 aromatic heterocycles. The normalized spacial score (nSPS) is 23.2. The molecule has 1 atom stereocenters. The molecule has 1 heterocycles. The van der Waals surface area contributed by atoms with Crippen molar-refractivity contribution in [3.05, 3.63) is 34.9 Å². The van der Waals surface area contributed by atoms with E-state index in [0.29, 0.717) is 6.04 Å². The van der Waals surface area contributed by atoms with Crippen LogP contribution in [0.3, 0.4) is 0 Å². The Kier molecular flexibility index (Phi) is 5.11. The van der Waals surface area contributed by atoms with Crippen LogP contribution in [0, 0.1) is 5.92 Å². The zero-order valence-corrected chi connectivity index (χ0v) is 13.9. The third kappa shape index (κ3) is 4.21. The lowest BCUT2D eigenvalue weighted by Gasteiger charge is -2.46. The minimum absolute atomic E-state index is 0.202. The first-order chi connectivity index (χ1) is 9.37. The van der Waals surface area contributed by atoms with Gasteiger partial charge in [-0.2, -0.15) is 0 Å². The van der Waals surface area contributed by atoms with Crippen LogP contribution in [-0.2, 0) is 6.54 Å². The van der Waals surface area contributed by atoms with E-state index in [1.807, 2.05) is 12.1 Å². The lowest BCUT2D eigenvalue weighted by Crippen LogP contribution is -2.61. The van der Waals surface area contributed by atoms with E-state index < -0.39 is 0 Å². The van der Waals surface area contributed by atoms with E-state index in [0.717, 1.165) is 30.6 Å². The second kappa shape index (κ2) is 6.46. The number of hydrogen-bond donors (Lipinski definition) is 1. The minimum atomic E-state index is 0.202. The molecule has 3 heteroatoms. The molecule has 0 radical (unpaired) electrons. The molecule has 1 N–H and O–H groups in total. The van der Waals surface area contributed by atoms with Gasteiger partial charge in [0.25, 0.3) is 0 Å². The van der Waals surface area contributed by atoms with Crippen molar-refractivity contribution in [3.8, 4) is 0 Å². The van der Waals surface area contributed by atoms with Crippen molar-refractivity contribution in [3.63, 3.8) is 0 Å². The van der Waals surface area contributed by atoms with Crippen LogP contribution in [0.15, 0.2) is 24.3 Å². The monoisotopic (exact) mass is 294 g/mol. The van der Waals surface area contributed by atoms with Crippen LogP contribution in [-0.4, -0.2) is 29.6 Å². The summed E-state index contributed by atoms with van der Waals surface area (Å²) >= 11 is 5.97. The quantitative estimate of drug-likeness (QED) is 0.905. The number of piperazine rings is 1. The van der Waals surface area contributed by atoms with Crippen molar-refractivity contribution in [1.82, 2.24) is 10.2 Å². The molecule has 1 aromatic carbocycles. The summed E-state index contributed by atoms with van der Waals surface area (Å²) in [6.45, 7) is 12.4. The minimum Gasteiger partial charge on any atom is -0.311 e. The summed E-state index contributed by atoms with van der Waals surface area (Å²) in [5.74, 6) is 0.742. The number of hydrogen-bond acceptors (Lipinski definition) is 2. The topological polar surface area (TPSA) is 15.3 Å². The maximum Gasteiger partial charge on any atom is 0.0406 e. The fourth-order valence-corrected chi connectivity index (χ4v) is 3.03. The molecule has 1 aliphatic heterocycles. The molecular formula is C17H27ClN2. The van der Waals surface area contributed by atoms with E-state index in [4.69, 9.17) is 11.6 Å². The lowest BCUT2D eigenvalue weighted by molar-refractivity contribution is 0.0536. The van der Waals surface area contributed by atoms with Gasteiger partial charge in [-0.25, -0.2) is 0 Å². The molecular weight excluding hydrogens is 268 g/mol. The maximum absolute atomic E-state index is 5.97. The molecule has 2 rings (SSSR count). The van der Waals surface area contributed by atoms with Gasteiger partial charge in [0.1, 0.15) is 0 Å². The SMILES string of the molecule is CC(C)CC1CN(Cc2ccc(Cl)cc2)C(C)(C)CN1. The first-order valence-corrected chi connectivity index (χ1v) is 7.97. The second-order valence-corrected chi connectivity index (χ2v) is 7.46. The summed E-state index contributed by atoms with van der Waals surface area (Å²) in [6.07, 6.45) is 1.24. The van der Waals surface area contributed by atoms with Gasteiger partial charge in [0.15, 0.2) is 0 Å². The molecule has 0 spiro atoms. The van der Waals surface area contributed by atoms with Crippen molar-refractivity contribution in [2.45, 2.75) is 52.2 Å². The van der Waals surface area contributed by atoms with E-state index >= 15 is 0 Å². The molecule has 0 aliphatic carbocycles. The van der Waals surface area contributed by atoms with Crippen molar-refractivity contribution in [1.29, 1.82) is 0 Å². The molecule has 0 amide bonds. The van der Waals surface area contributed by atoms with Crippen LogP contribution in [0.2, 0.25) is 5.02 Å². The summed E-state index contributed by atoms with van der Waals surface area (Å²) in [5, 5.41) is 4.51. The summed E-state index contributed by atoms with van der Waals surface area (Å²) in [6, 6.07) is 8.85. The molecule has 0 saturated carbocycles. The Hall–Kier alpha value is -0.570. The van der Waals surface area contributed by atoms with Gasteiger partial charge in [-0.3, -0.25) is 4.90 Å². The Morgan fingerprint density at radius 3 is 2.55 bits per heavy atom. The van der Waals surface area contributed by atoms with E-state index in [2.05, 4.69) is 50.0 Å². The van der Waals surface area contributed by atoms with E-state index in [1.165, 1.54) is 12.0 Å². The molecule has 112 valence electrons. The van der Waals surface area contributed by atoms with Gasteiger partial charge in [0.2, 0.25) is 0 Å². The molecule has 1 saturated heterocycles. The van der Waals surface area contributed by atoms with Crippen LogP contribution in [0.4, 0.5) is 0 Å². The average Bonchev–Trinajstić information content (AvgIpc) is 2.36. The summed E-state index contributed by atoms with van der Waals surface area (Å²) in [7, 11) is 0. The van der Waals surface area contributed by atoms with Crippen LogP contribution in [0.5, 0.6) is 0 Å². The Bertz CT molecular complexity index is 425. The van der Waals surface area contributed by atoms with E-state index in [1.54, 1.807) is 0 Å². The highest BCUT2D eigenvalue weighted by atomic mass is 35.5. The van der Waals surface area contributed by atoms with Crippen LogP contribution >= 0.6 is 11.6 Å². The van der Waals surface area contributed by atoms with Crippen LogP contribution in [0.1, 0.15) is 39.7 Å². The highest BCUT2D eigenvalue weighted by molar-refractivity contribution is 6.30. The van der Waals surface area contributed by atoms with Crippen LogP contribution < -0.4 is 5.32 Å². The van der Waals surface area contributed by atoms with Gasteiger partial charge >= 0.3 is 0 Å². The Balaban J connectivity index is 2.04. The summed E-state index contributed by atoms with van der Waals surface area (Å²) in [5.41, 5.74) is 1.54. The van der Waals surface area contributed by atoms with Crippen molar-refractivity contribution < 1.29 is 0 Å². The highest BCUT2D eigenvalue weighted by Gasteiger charge is 2.33. The van der Waals surface area contributed by atoms with E-state index in [9.17, 15) is 0 Å². The summed E-state index contributed by atoms with van der Waals surface area (Å²) < 4.78 is 0.